The molecule has 0 aliphatic carbocycles. The van der Waals surface area contributed by atoms with E-state index in [1.165, 1.54) is 154 Å². The Morgan fingerprint density at radius 2 is 0.750 bits per heavy atom. The number of dihydropyridines is 1. The molecule has 0 saturated heterocycles. The number of benzene rings is 1. The predicted octanol–water partition coefficient (Wildman–Crippen LogP) is 14.0. The Balaban J connectivity index is 1.71. The zero-order valence-corrected chi connectivity index (χ0v) is 34.3. The summed E-state index contributed by atoms with van der Waals surface area (Å²) >= 11 is 0. The molecule has 0 radical (unpaired) electrons. The van der Waals surface area contributed by atoms with E-state index in [4.69, 9.17) is 9.47 Å². The minimum atomic E-state index is -0.518. The molecule has 0 spiro atoms. The molecule has 1 aromatic carbocycles. The van der Waals surface area contributed by atoms with Crippen molar-refractivity contribution in [2.45, 2.75) is 213 Å². The summed E-state index contributed by atoms with van der Waals surface area (Å²) < 4.78 is 11.7. The van der Waals surface area contributed by atoms with Crippen LogP contribution in [0.4, 0.5) is 0 Å². The average Bonchev–Trinajstić information content (AvgIpc) is 3.14. The van der Waals surface area contributed by atoms with Crippen molar-refractivity contribution in [1.82, 2.24) is 5.32 Å². The number of esters is 2. The summed E-state index contributed by atoms with van der Waals surface area (Å²) in [7, 11) is 0. The quantitative estimate of drug-likeness (QED) is 0.0578. The molecule has 0 fully saturated rings. The molecule has 296 valence electrons. The smallest absolute Gasteiger partial charge is 0.336 e. The third-order valence-corrected chi connectivity index (χ3v) is 10.8. The fourth-order valence-electron chi connectivity index (χ4n) is 7.59. The van der Waals surface area contributed by atoms with Crippen molar-refractivity contribution in [1.29, 1.82) is 0 Å². The fourth-order valence-corrected chi connectivity index (χ4v) is 7.59. The summed E-state index contributed by atoms with van der Waals surface area (Å²) in [5.74, 6) is -1.22. The Morgan fingerprint density at radius 1 is 0.462 bits per heavy atom. The van der Waals surface area contributed by atoms with Crippen LogP contribution in [-0.2, 0) is 19.1 Å². The van der Waals surface area contributed by atoms with Gasteiger partial charge in [0.15, 0.2) is 0 Å². The standard InChI is InChI=1S/C47H79NO4/c1-5-7-9-11-13-15-17-19-21-23-25-27-29-34-38-51-46(49)43-40(3)48-41(4)44(45(43)42-36-32-31-33-37-42)47(50)52-39-35-30-28-26-24-22-20-18-16-14-12-10-8-6-2/h31-33,36-37,45,48H,5-30,34-35,38-39H2,1-4H3. The van der Waals surface area contributed by atoms with Crippen LogP contribution in [0.5, 0.6) is 0 Å². The van der Waals surface area contributed by atoms with Gasteiger partial charge in [-0.25, -0.2) is 9.59 Å². The molecule has 0 atom stereocenters. The summed E-state index contributed by atoms with van der Waals surface area (Å²) in [5.41, 5.74) is 3.38. The molecule has 2 rings (SSSR count). The summed E-state index contributed by atoms with van der Waals surface area (Å²) in [5, 5.41) is 3.31. The van der Waals surface area contributed by atoms with E-state index in [1.807, 2.05) is 44.2 Å². The molecule has 0 saturated carbocycles. The van der Waals surface area contributed by atoms with E-state index in [0.717, 1.165) is 42.6 Å². The van der Waals surface area contributed by atoms with Crippen molar-refractivity contribution in [3.63, 3.8) is 0 Å². The first-order valence-corrected chi connectivity index (χ1v) is 22.1. The zero-order valence-electron chi connectivity index (χ0n) is 34.3. The highest BCUT2D eigenvalue weighted by Gasteiger charge is 2.37. The summed E-state index contributed by atoms with van der Waals surface area (Å²) in [4.78, 5) is 27.2. The molecule has 1 heterocycles. The number of carbonyl (C=O) groups excluding carboxylic acids is 2. The van der Waals surface area contributed by atoms with E-state index in [1.54, 1.807) is 0 Å². The second kappa shape index (κ2) is 30.9. The van der Waals surface area contributed by atoms with Crippen molar-refractivity contribution >= 4 is 11.9 Å². The predicted molar refractivity (Wildman–Crippen MR) is 220 cm³/mol. The van der Waals surface area contributed by atoms with Gasteiger partial charge in [-0.3, -0.25) is 0 Å². The number of unbranched alkanes of at least 4 members (excludes halogenated alkanes) is 26. The van der Waals surface area contributed by atoms with Crippen LogP contribution in [0.1, 0.15) is 219 Å². The second-order valence-corrected chi connectivity index (χ2v) is 15.5. The van der Waals surface area contributed by atoms with Gasteiger partial charge in [-0.1, -0.05) is 211 Å². The average molecular weight is 722 g/mol. The van der Waals surface area contributed by atoms with Crippen LogP contribution < -0.4 is 5.32 Å². The van der Waals surface area contributed by atoms with Gasteiger partial charge in [-0.05, 0) is 32.3 Å². The largest absolute Gasteiger partial charge is 0.462 e. The number of ether oxygens (including phenoxy) is 2. The molecule has 5 nitrogen and oxygen atoms in total. The van der Waals surface area contributed by atoms with Gasteiger partial charge in [0.25, 0.3) is 0 Å². The molecule has 1 aromatic rings. The zero-order chi connectivity index (χ0) is 37.5. The van der Waals surface area contributed by atoms with E-state index in [0.29, 0.717) is 24.4 Å². The molecule has 1 N–H and O–H groups in total. The molecule has 1 aliphatic rings. The van der Waals surface area contributed by atoms with Crippen LogP contribution in [0.25, 0.3) is 0 Å². The maximum atomic E-state index is 13.6. The number of nitrogens with one attached hydrogen (secondary N) is 1. The summed E-state index contributed by atoms with van der Waals surface area (Å²) in [6.07, 6.45) is 36.1. The molecular formula is C47H79NO4. The van der Waals surface area contributed by atoms with Gasteiger partial charge >= 0.3 is 11.9 Å². The highest BCUT2D eigenvalue weighted by Crippen LogP contribution is 2.39. The number of allylic oxidation sites excluding steroid dienone is 2. The maximum Gasteiger partial charge on any atom is 0.336 e. The van der Waals surface area contributed by atoms with Gasteiger partial charge in [-0.15, -0.1) is 0 Å². The lowest BCUT2D eigenvalue weighted by atomic mass is 9.80. The van der Waals surface area contributed by atoms with Crippen LogP contribution in [0.3, 0.4) is 0 Å². The fraction of sp³-hybridized carbons (Fsp3) is 0.745. The minimum Gasteiger partial charge on any atom is -0.462 e. The van der Waals surface area contributed by atoms with Gasteiger partial charge in [0.2, 0.25) is 0 Å². The lowest BCUT2D eigenvalue weighted by Gasteiger charge is -2.30. The first-order valence-electron chi connectivity index (χ1n) is 22.1. The van der Waals surface area contributed by atoms with Crippen LogP contribution in [0.15, 0.2) is 52.9 Å². The first-order chi connectivity index (χ1) is 25.5. The lowest BCUT2D eigenvalue weighted by Crippen LogP contribution is -2.32. The first kappa shape index (κ1) is 45.6. The highest BCUT2D eigenvalue weighted by molar-refractivity contribution is 5.99. The number of rotatable bonds is 33. The van der Waals surface area contributed by atoms with Crippen molar-refractivity contribution in [3.05, 3.63) is 58.4 Å². The molecule has 5 heteroatoms. The Hall–Kier alpha value is -2.56. The third kappa shape index (κ3) is 20.0. The van der Waals surface area contributed by atoms with Crippen LogP contribution >= 0.6 is 0 Å². The highest BCUT2D eigenvalue weighted by atomic mass is 16.5. The number of hydrogen-bond acceptors (Lipinski definition) is 5. The van der Waals surface area contributed by atoms with Crippen LogP contribution in [-0.4, -0.2) is 25.2 Å². The Bertz CT molecular complexity index is 1060. The van der Waals surface area contributed by atoms with E-state index >= 15 is 0 Å². The maximum absolute atomic E-state index is 13.6. The molecule has 0 amide bonds. The van der Waals surface area contributed by atoms with Crippen LogP contribution in [0, 0.1) is 0 Å². The van der Waals surface area contributed by atoms with Gasteiger partial charge in [0.1, 0.15) is 0 Å². The summed E-state index contributed by atoms with van der Waals surface area (Å²) in [6.45, 7) is 9.15. The van der Waals surface area contributed by atoms with Crippen molar-refractivity contribution in [3.8, 4) is 0 Å². The van der Waals surface area contributed by atoms with E-state index < -0.39 is 5.92 Å². The van der Waals surface area contributed by atoms with Gasteiger partial charge < -0.3 is 14.8 Å². The van der Waals surface area contributed by atoms with Crippen molar-refractivity contribution < 1.29 is 19.1 Å². The summed E-state index contributed by atoms with van der Waals surface area (Å²) in [6, 6.07) is 9.84. The van der Waals surface area contributed by atoms with Crippen LogP contribution in [0.2, 0.25) is 0 Å². The van der Waals surface area contributed by atoms with Crippen molar-refractivity contribution in [2.75, 3.05) is 13.2 Å². The molecule has 1 aliphatic heterocycles. The second-order valence-electron chi connectivity index (χ2n) is 15.5. The number of hydrogen-bond donors (Lipinski definition) is 1. The van der Waals surface area contributed by atoms with Gasteiger partial charge in [0, 0.05) is 11.4 Å². The van der Waals surface area contributed by atoms with E-state index in [2.05, 4.69) is 19.2 Å². The van der Waals surface area contributed by atoms with Gasteiger partial charge in [0.05, 0.1) is 30.3 Å². The van der Waals surface area contributed by atoms with Gasteiger partial charge in [-0.2, -0.15) is 0 Å². The monoisotopic (exact) mass is 722 g/mol. The minimum absolute atomic E-state index is 0.349. The third-order valence-electron chi connectivity index (χ3n) is 10.8. The van der Waals surface area contributed by atoms with E-state index in [-0.39, 0.29) is 11.9 Å². The lowest BCUT2D eigenvalue weighted by molar-refractivity contribution is -0.140. The molecular weight excluding hydrogens is 643 g/mol. The number of carbonyl (C=O) groups is 2. The Morgan fingerprint density at radius 3 is 1.06 bits per heavy atom. The Kier molecular flexibility index (Phi) is 27.1. The molecule has 52 heavy (non-hydrogen) atoms. The molecule has 0 unspecified atom stereocenters. The Labute approximate surface area is 320 Å². The van der Waals surface area contributed by atoms with Crippen molar-refractivity contribution in [2.24, 2.45) is 0 Å². The SMILES string of the molecule is CCCCCCCCCCCCCCCCOC(=O)C1=C(C)NC(C)=C(C(=O)OCCCCCCCCCCCCCCCC)C1c1ccccc1. The normalized spacial score (nSPS) is 13.5. The molecule has 0 aromatic heterocycles. The van der Waals surface area contributed by atoms with E-state index in [9.17, 15) is 9.59 Å². The molecule has 0 bridgehead atoms. The topological polar surface area (TPSA) is 64.6 Å².